The van der Waals surface area contributed by atoms with Gasteiger partial charge in [0.1, 0.15) is 9.31 Å². The Hall–Kier alpha value is -1.17. The number of hydrogen-bond donors (Lipinski definition) is 1. The molecule has 5 heteroatoms. The van der Waals surface area contributed by atoms with Gasteiger partial charge in [-0.3, -0.25) is 0 Å². The zero-order valence-corrected chi connectivity index (χ0v) is 15.5. The molecule has 0 spiro atoms. The van der Waals surface area contributed by atoms with Crippen LogP contribution >= 0.6 is 36.2 Å². The molecule has 0 radical (unpaired) electrons. The van der Waals surface area contributed by atoms with Crippen LogP contribution in [-0.4, -0.2) is 21.9 Å². The molecule has 2 aliphatic heterocycles. The minimum atomic E-state index is 0.0377. The zero-order valence-electron chi connectivity index (χ0n) is 13.1. The molecule has 0 aliphatic carbocycles. The summed E-state index contributed by atoms with van der Waals surface area (Å²) in [6.45, 7) is 6.64. The Labute approximate surface area is 146 Å². The van der Waals surface area contributed by atoms with E-state index < -0.39 is 0 Å². The lowest BCUT2D eigenvalue weighted by atomic mass is 9.88. The third kappa shape index (κ3) is 2.73. The van der Waals surface area contributed by atoms with Gasteiger partial charge in [-0.1, -0.05) is 48.3 Å². The van der Waals surface area contributed by atoms with E-state index >= 15 is 0 Å². The number of thiocarbonyl (C=S) groups is 2. The van der Waals surface area contributed by atoms with Gasteiger partial charge in [0.15, 0.2) is 0 Å². The van der Waals surface area contributed by atoms with Crippen molar-refractivity contribution in [2.75, 3.05) is 11.9 Å². The quantitative estimate of drug-likeness (QED) is 0.588. The molecule has 114 valence electrons. The smallest absolute Gasteiger partial charge is 0.143 e. The number of nitrogens with one attached hydrogen (secondary N) is 1. The largest absolute Gasteiger partial charge is 0.366 e. The fourth-order valence-electron chi connectivity index (χ4n) is 2.84. The van der Waals surface area contributed by atoms with Crippen molar-refractivity contribution in [1.29, 1.82) is 0 Å². The minimum absolute atomic E-state index is 0.0377. The van der Waals surface area contributed by atoms with Crippen molar-refractivity contribution in [1.82, 2.24) is 5.32 Å². The Morgan fingerprint density at radius 2 is 2.00 bits per heavy atom. The van der Waals surface area contributed by atoms with Gasteiger partial charge in [0.05, 0.1) is 5.54 Å². The summed E-state index contributed by atoms with van der Waals surface area (Å²) in [4.78, 5) is 4.06. The molecule has 0 atom stereocenters. The normalized spacial score (nSPS) is 21.7. The molecule has 3 rings (SSSR count). The summed E-state index contributed by atoms with van der Waals surface area (Å²) < 4.78 is 0.728. The number of likely N-dealkylation sites (N-methyl/N-ethyl adjacent to an activating group) is 1. The molecule has 0 amide bonds. The first kappa shape index (κ1) is 15.7. The van der Waals surface area contributed by atoms with E-state index in [1.54, 1.807) is 0 Å². The number of fused-ring (bicyclic) bond motifs is 1. The molecule has 2 nitrogen and oxygen atoms in total. The van der Waals surface area contributed by atoms with Gasteiger partial charge in [-0.2, -0.15) is 0 Å². The molecule has 0 aromatic heterocycles. The van der Waals surface area contributed by atoms with Gasteiger partial charge in [-0.25, -0.2) is 0 Å². The van der Waals surface area contributed by atoms with Crippen LogP contribution in [0.2, 0.25) is 0 Å². The standard InChI is InChI=1S/C17H18N2S3/c1-10-9-17(2,3)19(4)13-6-5-11(7-12(10)13)8-14-15(20)18-16(21)22-14/h5-9H,1-4H3,(H,18,20,21)/b14-8-. The van der Waals surface area contributed by atoms with Gasteiger partial charge in [0.25, 0.3) is 0 Å². The summed E-state index contributed by atoms with van der Waals surface area (Å²) in [5.41, 5.74) is 5.04. The molecule has 22 heavy (non-hydrogen) atoms. The molecule has 1 fully saturated rings. The first-order valence-electron chi connectivity index (χ1n) is 7.10. The highest BCUT2D eigenvalue weighted by Crippen LogP contribution is 2.38. The van der Waals surface area contributed by atoms with Crippen LogP contribution in [0.1, 0.15) is 31.9 Å². The monoisotopic (exact) mass is 346 g/mol. The molecule has 1 saturated heterocycles. The molecule has 0 saturated carbocycles. The molecular weight excluding hydrogens is 328 g/mol. The van der Waals surface area contributed by atoms with E-state index in [2.05, 4.69) is 68.4 Å². The van der Waals surface area contributed by atoms with Crippen LogP contribution in [0, 0.1) is 0 Å². The lowest BCUT2D eigenvalue weighted by molar-refractivity contribution is 0.598. The van der Waals surface area contributed by atoms with Crippen LogP contribution in [0.15, 0.2) is 29.2 Å². The van der Waals surface area contributed by atoms with Crippen LogP contribution in [0.25, 0.3) is 11.6 Å². The number of benzene rings is 1. The van der Waals surface area contributed by atoms with Crippen LogP contribution in [0.3, 0.4) is 0 Å². The SMILES string of the molecule is CC1=CC(C)(C)N(C)c2ccc(/C=C3\SC(=S)NC3=S)cc21. The van der Waals surface area contributed by atoms with Crippen molar-refractivity contribution in [2.45, 2.75) is 26.3 Å². The van der Waals surface area contributed by atoms with Crippen LogP contribution in [0.5, 0.6) is 0 Å². The van der Waals surface area contributed by atoms with E-state index in [4.69, 9.17) is 24.4 Å². The van der Waals surface area contributed by atoms with E-state index in [9.17, 15) is 0 Å². The van der Waals surface area contributed by atoms with Crippen LogP contribution in [-0.2, 0) is 0 Å². The number of anilines is 1. The Morgan fingerprint density at radius 3 is 2.64 bits per heavy atom. The van der Waals surface area contributed by atoms with Gasteiger partial charge < -0.3 is 10.2 Å². The molecule has 2 aliphatic rings. The number of thioether (sulfide) groups is 1. The number of hydrogen-bond acceptors (Lipinski definition) is 4. The van der Waals surface area contributed by atoms with Crippen molar-refractivity contribution in [3.05, 3.63) is 40.3 Å². The van der Waals surface area contributed by atoms with E-state index in [0.29, 0.717) is 0 Å². The average Bonchev–Trinajstić information content (AvgIpc) is 2.74. The maximum Gasteiger partial charge on any atom is 0.143 e. The van der Waals surface area contributed by atoms with Gasteiger partial charge in [0.2, 0.25) is 0 Å². The summed E-state index contributed by atoms with van der Waals surface area (Å²) in [6.07, 6.45) is 4.42. The van der Waals surface area contributed by atoms with E-state index in [-0.39, 0.29) is 5.54 Å². The fraction of sp³-hybridized carbons (Fsp3) is 0.294. The summed E-state index contributed by atoms with van der Waals surface area (Å²) in [6, 6.07) is 6.56. The Morgan fingerprint density at radius 1 is 1.27 bits per heavy atom. The summed E-state index contributed by atoms with van der Waals surface area (Å²) in [5.74, 6) is 0. The fourth-order valence-corrected chi connectivity index (χ4v) is 4.32. The predicted octanol–water partition coefficient (Wildman–Crippen LogP) is 4.61. The molecule has 1 N–H and O–H groups in total. The number of nitrogens with zero attached hydrogens (tertiary/aromatic N) is 1. The summed E-state index contributed by atoms with van der Waals surface area (Å²) in [5, 5.41) is 3.01. The van der Waals surface area contributed by atoms with Crippen LogP contribution in [0.4, 0.5) is 5.69 Å². The van der Waals surface area contributed by atoms with Gasteiger partial charge in [-0.15, -0.1) is 0 Å². The van der Waals surface area contributed by atoms with Gasteiger partial charge in [-0.05, 0) is 50.1 Å². The maximum absolute atomic E-state index is 5.30. The third-order valence-electron chi connectivity index (χ3n) is 4.18. The predicted molar refractivity (Wildman–Crippen MR) is 106 cm³/mol. The van der Waals surface area contributed by atoms with E-state index in [1.165, 1.54) is 28.6 Å². The van der Waals surface area contributed by atoms with E-state index in [0.717, 1.165) is 19.8 Å². The molecule has 2 heterocycles. The van der Waals surface area contributed by atoms with Crippen molar-refractivity contribution < 1.29 is 0 Å². The first-order valence-corrected chi connectivity index (χ1v) is 8.74. The lowest BCUT2D eigenvalue weighted by Crippen LogP contribution is -2.42. The second-order valence-corrected chi connectivity index (χ2v) is 8.30. The van der Waals surface area contributed by atoms with Gasteiger partial charge in [0, 0.05) is 23.2 Å². The van der Waals surface area contributed by atoms with Crippen molar-refractivity contribution in [3.8, 4) is 0 Å². The Balaban J connectivity index is 2.02. The molecule has 1 aromatic rings. The first-order chi connectivity index (χ1) is 10.3. The minimum Gasteiger partial charge on any atom is -0.366 e. The summed E-state index contributed by atoms with van der Waals surface area (Å²) >= 11 is 12.0. The molecule has 1 aromatic carbocycles. The maximum atomic E-state index is 5.30. The number of rotatable bonds is 1. The van der Waals surface area contributed by atoms with Gasteiger partial charge >= 0.3 is 0 Å². The Bertz CT molecular complexity index is 744. The third-order valence-corrected chi connectivity index (χ3v) is 5.81. The summed E-state index contributed by atoms with van der Waals surface area (Å²) in [7, 11) is 2.14. The van der Waals surface area contributed by atoms with Crippen molar-refractivity contribution in [3.63, 3.8) is 0 Å². The lowest BCUT2D eigenvalue weighted by Gasteiger charge is -2.40. The highest BCUT2D eigenvalue weighted by molar-refractivity contribution is 8.27. The Kier molecular flexibility index (Phi) is 3.91. The molecule has 0 bridgehead atoms. The van der Waals surface area contributed by atoms with Crippen molar-refractivity contribution in [2.24, 2.45) is 0 Å². The molecule has 0 unspecified atom stereocenters. The highest BCUT2D eigenvalue weighted by atomic mass is 32.2. The topological polar surface area (TPSA) is 15.3 Å². The second kappa shape index (κ2) is 5.48. The average molecular weight is 347 g/mol. The second-order valence-electron chi connectivity index (χ2n) is 6.17. The number of allylic oxidation sites excluding steroid dienone is 1. The van der Waals surface area contributed by atoms with Crippen LogP contribution < -0.4 is 10.2 Å². The zero-order chi connectivity index (χ0) is 16.1. The highest BCUT2D eigenvalue weighted by Gasteiger charge is 2.28. The van der Waals surface area contributed by atoms with E-state index in [1.807, 2.05) is 0 Å². The van der Waals surface area contributed by atoms with Crippen molar-refractivity contribution >= 4 is 62.8 Å². The molecular formula is C17H18N2S3.